The summed E-state index contributed by atoms with van der Waals surface area (Å²) in [6.07, 6.45) is 9.86. The van der Waals surface area contributed by atoms with E-state index >= 15 is 0 Å². The first-order valence-corrected chi connectivity index (χ1v) is 12.9. The Morgan fingerprint density at radius 1 is 1.14 bits per heavy atom. The summed E-state index contributed by atoms with van der Waals surface area (Å²) in [7, 11) is 0. The lowest BCUT2D eigenvalue weighted by Gasteiger charge is -2.19. The van der Waals surface area contributed by atoms with Crippen LogP contribution in [0.5, 0.6) is 0 Å². The predicted molar refractivity (Wildman–Crippen MR) is 145 cm³/mol. The molecule has 1 heterocycles. The van der Waals surface area contributed by atoms with Crippen molar-refractivity contribution < 1.29 is 9.59 Å². The number of hydrogen-bond acceptors (Lipinski definition) is 3. The lowest BCUT2D eigenvalue weighted by atomic mass is 9.90. The first kappa shape index (κ1) is 24.8. The highest BCUT2D eigenvalue weighted by Gasteiger charge is 2.33. The lowest BCUT2D eigenvalue weighted by molar-refractivity contribution is -0.117. The van der Waals surface area contributed by atoms with Crippen LogP contribution in [-0.4, -0.2) is 24.4 Å². The van der Waals surface area contributed by atoms with Crippen LogP contribution in [0.1, 0.15) is 57.4 Å². The highest BCUT2D eigenvalue weighted by atomic mass is 16.2. The van der Waals surface area contributed by atoms with Crippen LogP contribution >= 0.6 is 0 Å². The molecule has 2 unspecified atom stereocenters. The Hall–Kier alpha value is -3.27. The summed E-state index contributed by atoms with van der Waals surface area (Å²) in [6, 6.07) is 16.8. The minimum Gasteiger partial charge on any atom is -0.312 e. The van der Waals surface area contributed by atoms with Crippen molar-refractivity contribution in [3.63, 3.8) is 0 Å². The zero-order valence-corrected chi connectivity index (χ0v) is 21.0. The van der Waals surface area contributed by atoms with Crippen LogP contribution in [0.3, 0.4) is 0 Å². The molecular weight excluding hydrogens is 432 g/mol. The fraction of sp³-hybridized carbons (Fsp3) is 0.387. The van der Waals surface area contributed by atoms with Crippen molar-refractivity contribution in [2.45, 2.75) is 58.8 Å². The van der Waals surface area contributed by atoms with Crippen LogP contribution in [0, 0.1) is 18.8 Å². The number of aryl methyl sites for hydroxylation is 1. The quantitative estimate of drug-likeness (QED) is 0.236. The SMILES string of the molecule is C=C(N=CCC)C(=O)CC1CCC=C(C2CC(=O)N(c3cccc(-c4ccc(C)cc4)c3)C2)CC1. The molecule has 0 radical (unpaired) electrons. The number of anilines is 1. The number of carbonyl (C=O) groups excluding carboxylic acids is 2. The first-order valence-electron chi connectivity index (χ1n) is 12.9. The third-order valence-corrected chi connectivity index (χ3v) is 7.24. The lowest BCUT2D eigenvalue weighted by Crippen LogP contribution is -2.24. The van der Waals surface area contributed by atoms with Gasteiger partial charge in [-0.2, -0.15) is 0 Å². The Bertz CT molecular complexity index is 1140. The van der Waals surface area contributed by atoms with Crippen LogP contribution in [0.25, 0.3) is 11.1 Å². The predicted octanol–water partition coefficient (Wildman–Crippen LogP) is 7.09. The highest BCUT2D eigenvalue weighted by Crippen LogP contribution is 2.36. The average Bonchev–Trinajstić information content (AvgIpc) is 3.10. The average molecular weight is 469 g/mol. The first-order chi connectivity index (χ1) is 16.9. The maximum Gasteiger partial charge on any atom is 0.227 e. The molecule has 2 atom stereocenters. The molecule has 1 fully saturated rings. The van der Waals surface area contributed by atoms with Gasteiger partial charge in [0, 0.05) is 37.2 Å². The molecule has 182 valence electrons. The van der Waals surface area contributed by atoms with Crippen molar-refractivity contribution in [3.8, 4) is 11.1 Å². The number of amides is 1. The van der Waals surface area contributed by atoms with E-state index in [1.54, 1.807) is 6.21 Å². The molecule has 4 nitrogen and oxygen atoms in total. The van der Waals surface area contributed by atoms with E-state index in [-0.39, 0.29) is 17.6 Å². The number of benzene rings is 2. The Balaban J connectivity index is 1.38. The second kappa shape index (κ2) is 11.4. The Kier molecular flexibility index (Phi) is 8.12. The third-order valence-electron chi connectivity index (χ3n) is 7.24. The van der Waals surface area contributed by atoms with Crippen LogP contribution in [0.15, 0.2) is 77.4 Å². The van der Waals surface area contributed by atoms with Gasteiger partial charge in [0.05, 0.1) is 5.70 Å². The second-order valence-electron chi connectivity index (χ2n) is 9.88. The monoisotopic (exact) mass is 468 g/mol. The van der Waals surface area contributed by atoms with Crippen LogP contribution < -0.4 is 4.90 Å². The van der Waals surface area contributed by atoms with Crippen molar-refractivity contribution in [1.29, 1.82) is 0 Å². The van der Waals surface area contributed by atoms with Crippen molar-refractivity contribution in [1.82, 2.24) is 0 Å². The van der Waals surface area contributed by atoms with E-state index in [1.807, 2.05) is 24.0 Å². The number of nitrogens with zero attached hydrogens (tertiary/aromatic N) is 2. The molecule has 0 N–H and O–H groups in total. The van der Waals surface area contributed by atoms with Gasteiger partial charge in [0.2, 0.25) is 5.91 Å². The summed E-state index contributed by atoms with van der Waals surface area (Å²) < 4.78 is 0. The minimum absolute atomic E-state index is 0.0545. The van der Waals surface area contributed by atoms with E-state index in [0.29, 0.717) is 24.5 Å². The van der Waals surface area contributed by atoms with Gasteiger partial charge in [-0.1, -0.05) is 67.1 Å². The number of carbonyl (C=O) groups is 2. The van der Waals surface area contributed by atoms with Gasteiger partial charge in [-0.25, -0.2) is 0 Å². The van der Waals surface area contributed by atoms with Crippen LogP contribution in [0.4, 0.5) is 5.69 Å². The molecular formula is C31H36N2O2. The molecule has 2 aromatic carbocycles. The van der Waals surface area contributed by atoms with Crippen molar-refractivity contribution in [3.05, 3.63) is 78.0 Å². The molecule has 2 aromatic rings. The summed E-state index contributed by atoms with van der Waals surface area (Å²) in [5, 5.41) is 0. The summed E-state index contributed by atoms with van der Waals surface area (Å²) >= 11 is 0. The number of ketones is 1. The number of rotatable bonds is 8. The van der Waals surface area contributed by atoms with E-state index in [1.165, 1.54) is 11.1 Å². The van der Waals surface area contributed by atoms with Crippen LogP contribution in [-0.2, 0) is 9.59 Å². The van der Waals surface area contributed by atoms with Gasteiger partial charge in [0.1, 0.15) is 0 Å². The maximum absolute atomic E-state index is 13.0. The van der Waals surface area contributed by atoms with E-state index in [9.17, 15) is 9.59 Å². The number of allylic oxidation sites excluding steroid dienone is 2. The molecule has 1 saturated heterocycles. The summed E-state index contributed by atoms with van der Waals surface area (Å²) in [5.41, 5.74) is 6.25. The van der Waals surface area contributed by atoms with Gasteiger partial charge in [-0.05, 0) is 68.2 Å². The van der Waals surface area contributed by atoms with Crippen molar-refractivity contribution in [2.24, 2.45) is 16.8 Å². The maximum atomic E-state index is 13.0. The van der Waals surface area contributed by atoms with Gasteiger partial charge in [-0.15, -0.1) is 0 Å². The third kappa shape index (κ3) is 6.25. The molecule has 0 spiro atoms. The van der Waals surface area contributed by atoms with Crippen LogP contribution in [0.2, 0.25) is 0 Å². The molecule has 0 aromatic heterocycles. The van der Waals surface area contributed by atoms with Gasteiger partial charge in [0.25, 0.3) is 0 Å². The summed E-state index contributed by atoms with van der Waals surface area (Å²) in [6.45, 7) is 8.64. The normalized spacial score (nSPS) is 20.7. The van der Waals surface area contributed by atoms with E-state index in [4.69, 9.17) is 0 Å². The molecule has 2 aliphatic rings. The molecule has 1 amide bonds. The minimum atomic E-state index is 0.0545. The number of Topliss-reactive ketones (excluding diaryl/α,β-unsaturated/α-hetero) is 1. The Morgan fingerprint density at radius 2 is 1.94 bits per heavy atom. The van der Waals surface area contributed by atoms with Crippen molar-refractivity contribution in [2.75, 3.05) is 11.4 Å². The van der Waals surface area contributed by atoms with E-state index in [2.05, 4.69) is 61.0 Å². The zero-order valence-electron chi connectivity index (χ0n) is 21.0. The Labute approximate surface area is 209 Å². The second-order valence-corrected chi connectivity index (χ2v) is 9.88. The van der Waals surface area contributed by atoms with E-state index in [0.717, 1.165) is 55.5 Å². The molecule has 0 bridgehead atoms. The molecule has 1 aliphatic carbocycles. The molecule has 0 saturated carbocycles. The molecule has 35 heavy (non-hydrogen) atoms. The van der Waals surface area contributed by atoms with Gasteiger partial charge in [0.15, 0.2) is 5.78 Å². The van der Waals surface area contributed by atoms with E-state index < -0.39 is 0 Å². The van der Waals surface area contributed by atoms with Gasteiger partial charge in [-0.3, -0.25) is 14.6 Å². The van der Waals surface area contributed by atoms with Crippen molar-refractivity contribution >= 4 is 23.6 Å². The topological polar surface area (TPSA) is 49.7 Å². The zero-order chi connectivity index (χ0) is 24.8. The molecule has 4 rings (SSSR count). The smallest absolute Gasteiger partial charge is 0.227 e. The molecule has 4 heteroatoms. The fourth-order valence-corrected chi connectivity index (χ4v) is 5.15. The largest absolute Gasteiger partial charge is 0.312 e. The standard InChI is InChI=1S/C31H36N2O2/c1-4-17-32-23(3)30(34)18-24-7-5-8-25(16-13-24)28-20-31(35)33(21-28)29-10-6-9-27(19-29)26-14-11-22(2)12-15-26/h6,8-12,14-15,17,19,24,28H,3-5,7,13,16,18,20-21H2,1-2H3. The number of hydrogen-bond donors (Lipinski definition) is 0. The van der Waals surface area contributed by atoms with Gasteiger partial charge < -0.3 is 4.90 Å². The fourth-order valence-electron chi connectivity index (χ4n) is 5.15. The highest BCUT2D eigenvalue weighted by molar-refractivity contribution is 5.97. The Morgan fingerprint density at radius 3 is 2.71 bits per heavy atom. The molecule has 1 aliphatic heterocycles. The number of aliphatic imine (C=N–C) groups is 1. The van der Waals surface area contributed by atoms with Gasteiger partial charge >= 0.3 is 0 Å². The summed E-state index contributed by atoms with van der Waals surface area (Å²) in [5.74, 6) is 0.852. The summed E-state index contributed by atoms with van der Waals surface area (Å²) in [4.78, 5) is 31.6.